The molecule has 0 aliphatic rings. The van der Waals surface area contributed by atoms with Gasteiger partial charge in [-0.25, -0.2) is 0 Å². The number of rotatable bonds is 14. The molecule has 0 fully saturated rings. The molecular weight excluding hydrogens is 855 g/mol. The standard InChI is InChI=1S/2C26H24P2.Pd/c2*1-5-13-23(14-6-1)27(24-15-7-2-8-16-24)21-22-28(25-17-9-3-10-18-25)26-19-11-4-12-20-26;/h2*1-20H,21-22H2;/p+4. The van der Waals surface area contributed by atoms with Crippen molar-refractivity contribution in [3.05, 3.63) is 243 Å². The van der Waals surface area contributed by atoms with Gasteiger partial charge in [0.1, 0.15) is 24.6 Å². The minimum atomic E-state index is -0.783. The Morgan fingerprint density at radius 2 is 0.281 bits per heavy atom. The van der Waals surface area contributed by atoms with Crippen LogP contribution in [0.25, 0.3) is 0 Å². The molecule has 0 nitrogen and oxygen atoms in total. The maximum Gasteiger partial charge on any atom is 0.101 e. The first-order valence-corrected chi connectivity index (χ1v) is 26.5. The smallest absolute Gasteiger partial charge is 0.0620 e. The Hall–Kier alpha value is -3.86. The van der Waals surface area contributed by atoms with Crippen molar-refractivity contribution < 1.29 is 20.4 Å². The molecule has 8 rings (SSSR count). The third-order valence-corrected chi connectivity index (χ3v) is 22.5. The van der Waals surface area contributed by atoms with Crippen LogP contribution >= 0.6 is 31.7 Å². The zero-order chi connectivity index (χ0) is 38.0. The van der Waals surface area contributed by atoms with E-state index in [4.69, 9.17) is 0 Å². The molecule has 0 aliphatic carbocycles. The average Bonchev–Trinajstić information content (AvgIpc) is 3.29. The van der Waals surface area contributed by atoms with Crippen molar-refractivity contribution in [2.45, 2.75) is 0 Å². The van der Waals surface area contributed by atoms with Gasteiger partial charge in [-0.3, -0.25) is 0 Å². The van der Waals surface area contributed by atoms with E-state index in [0.29, 0.717) is 0 Å². The molecule has 0 aliphatic heterocycles. The van der Waals surface area contributed by atoms with Crippen LogP contribution in [-0.2, 0) is 20.4 Å². The molecule has 0 radical (unpaired) electrons. The third kappa shape index (κ3) is 12.6. The zero-order valence-corrected chi connectivity index (χ0v) is 37.8. The largest absolute Gasteiger partial charge is 0.101 e. The Labute approximate surface area is 359 Å². The van der Waals surface area contributed by atoms with Crippen LogP contribution in [0.3, 0.4) is 0 Å². The number of benzene rings is 8. The molecule has 0 heterocycles. The van der Waals surface area contributed by atoms with E-state index in [-0.39, 0.29) is 20.4 Å². The molecule has 0 bridgehead atoms. The molecule has 57 heavy (non-hydrogen) atoms. The first kappa shape index (κ1) is 42.7. The van der Waals surface area contributed by atoms with Crippen LogP contribution in [0.4, 0.5) is 0 Å². The fourth-order valence-electron chi connectivity index (χ4n) is 7.44. The molecule has 0 N–H and O–H groups in total. The van der Waals surface area contributed by atoms with Gasteiger partial charge in [-0.1, -0.05) is 146 Å². The van der Waals surface area contributed by atoms with Crippen molar-refractivity contribution in [1.29, 1.82) is 0 Å². The summed E-state index contributed by atoms with van der Waals surface area (Å²) < 4.78 is 0. The number of hydrogen-bond acceptors (Lipinski definition) is 0. The topological polar surface area (TPSA) is 0 Å². The quantitative estimate of drug-likeness (QED) is 0.0755. The van der Waals surface area contributed by atoms with E-state index in [0.717, 1.165) is 0 Å². The predicted octanol–water partition coefficient (Wildman–Crippen LogP) is 9.43. The van der Waals surface area contributed by atoms with Crippen molar-refractivity contribution in [2.24, 2.45) is 0 Å². The summed E-state index contributed by atoms with van der Waals surface area (Å²) in [5.41, 5.74) is 0. The number of hydrogen-bond donors (Lipinski definition) is 0. The molecule has 286 valence electrons. The molecular formula is C52H52P4Pd+4. The Kier molecular flexibility index (Phi) is 17.6. The van der Waals surface area contributed by atoms with Gasteiger partial charge in [0.2, 0.25) is 0 Å². The van der Waals surface area contributed by atoms with E-state index in [2.05, 4.69) is 243 Å². The first-order chi connectivity index (χ1) is 27.8. The molecule has 0 unspecified atom stereocenters. The van der Waals surface area contributed by atoms with Crippen LogP contribution in [0.5, 0.6) is 0 Å². The Morgan fingerprint density at radius 3 is 0.386 bits per heavy atom. The van der Waals surface area contributed by atoms with E-state index in [1.54, 1.807) is 0 Å². The van der Waals surface area contributed by atoms with E-state index in [1.807, 2.05) is 0 Å². The monoisotopic (exact) mass is 906 g/mol. The molecule has 0 spiro atoms. The van der Waals surface area contributed by atoms with Crippen molar-refractivity contribution in [3.8, 4) is 0 Å². The van der Waals surface area contributed by atoms with Gasteiger partial charge in [0, 0.05) is 20.4 Å². The average molecular weight is 907 g/mol. The molecule has 5 heteroatoms. The van der Waals surface area contributed by atoms with Crippen molar-refractivity contribution in [2.75, 3.05) is 24.6 Å². The van der Waals surface area contributed by atoms with Crippen molar-refractivity contribution in [1.82, 2.24) is 0 Å². The molecule has 0 saturated carbocycles. The third-order valence-electron chi connectivity index (χ3n) is 10.2. The summed E-state index contributed by atoms with van der Waals surface area (Å²) in [5.74, 6) is 0. The molecule has 0 aromatic heterocycles. The molecule has 8 aromatic rings. The maximum absolute atomic E-state index is 2.32. The second-order valence-electron chi connectivity index (χ2n) is 13.8. The first-order valence-electron chi connectivity index (χ1n) is 19.7. The summed E-state index contributed by atoms with van der Waals surface area (Å²) in [4.78, 5) is 0. The molecule has 0 saturated heterocycles. The van der Waals surface area contributed by atoms with E-state index < -0.39 is 31.7 Å². The summed E-state index contributed by atoms with van der Waals surface area (Å²) in [7, 11) is -3.13. The van der Waals surface area contributed by atoms with Crippen LogP contribution in [0.15, 0.2) is 243 Å². The minimum absolute atomic E-state index is 0. The summed E-state index contributed by atoms with van der Waals surface area (Å²) in [6, 6.07) is 89.0. The molecule has 0 amide bonds. The van der Waals surface area contributed by atoms with Gasteiger partial charge in [-0.2, -0.15) is 0 Å². The second-order valence-corrected chi connectivity index (χ2v) is 24.3. The van der Waals surface area contributed by atoms with Crippen LogP contribution in [0.1, 0.15) is 0 Å². The van der Waals surface area contributed by atoms with Gasteiger partial charge in [0.05, 0.1) is 74.1 Å². The van der Waals surface area contributed by atoms with Gasteiger partial charge in [0.15, 0.2) is 0 Å². The van der Waals surface area contributed by atoms with Crippen molar-refractivity contribution in [3.63, 3.8) is 0 Å². The molecule has 0 atom stereocenters. The predicted molar refractivity (Wildman–Crippen MR) is 261 cm³/mol. The van der Waals surface area contributed by atoms with Crippen LogP contribution < -0.4 is 42.4 Å². The van der Waals surface area contributed by atoms with Crippen LogP contribution in [0, 0.1) is 0 Å². The summed E-state index contributed by atoms with van der Waals surface area (Å²) in [6.07, 6.45) is 5.04. The van der Waals surface area contributed by atoms with Crippen LogP contribution in [0.2, 0.25) is 0 Å². The van der Waals surface area contributed by atoms with E-state index in [9.17, 15) is 0 Å². The Bertz CT molecular complexity index is 1760. The Morgan fingerprint density at radius 1 is 0.175 bits per heavy atom. The van der Waals surface area contributed by atoms with Crippen molar-refractivity contribution >= 4 is 74.1 Å². The van der Waals surface area contributed by atoms with Gasteiger partial charge in [-0.15, -0.1) is 0 Å². The minimum Gasteiger partial charge on any atom is -0.0620 e. The summed E-state index contributed by atoms with van der Waals surface area (Å²) in [5, 5.41) is 12.1. The van der Waals surface area contributed by atoms with Gasteiger partial charge >= 0.3 is 0 Å². The van der Waals surface area contributed by atoms with Crippen LogP contribution in [-0.4, -0.2) is 24.6 Å². The zero-order valence-electron chi connectivity index (χ0n) is 32.2. The summed E-state index contributed by atoms with van der Waals surface area (Å²) in [6.45, 7) is 0. The van der Waals surface area contributed by atoms with Gasteiger partial charge in [0.25, 0.3) is 0 Å². The summed E-state index contributed by atoms with van der Waals surface area (Å²) >= 11 is 0. The SMILES string of the molecule is [Pd].c1ccc([PH+](CC[PH+](c2ccccc2)c2ccccc2)c2ccccc2)cc1.c1ccc([PH+](CC[PH+](c2ccccc2)c2ccccc2)c2ccccc2)cc1. The van der Waals surface area contributed by atoms with Gasteiger partial charge < -0.3 is 0 Å². The maximum atomic E-state index is 2.32. The second kappa shape index (κ2) is 23.5. The molecule has 8 aromatic carbocycles. The Balaban J connectivity index is 0.000000189. The van der Waals surface area contributed by atoms with E-state index in [1.165, 1.54) is 67.1 Å². The fraction of sp³-hybridized carbons (Fsp3) is 0.0769. The normalized spacial score (nSPS) is 10.9. The fourth-order valence-corrected chi connectivity index (χ4v) is 19.8. The van der Waals surface area contributed by atoms with Gasteiger partial charge in [-0.05, 0) is 97.1 Å². The van der Waals surface area contributed by atoms with E-state index >= 15 is 0 Å².